The molecule has 0 heterocycles. The Morgan fingerprint density at radius 3 is 1.40 bits per heavy atom. The third-order valence-corrected chi connectivity index (χ3v) is 9.50. The van der Waals surface area contributed by atoms with Crippen LogP contribution in [0.5, 0.6) is 5.75 Å². The van der Waals surface area contributed by atoms with Crippen LogP contribution in [0.1, 0.15) is 123 Å². The lowest BCUT2D eigenvalue weighted by Crippen LogP contribution is -2.29. The van der Waals surface area contributed by atoms with Gasteiger partial charge in [0.05, 0.1) is 5.30 Å². The lowest BCUT2D eigenvalue weighted by molar-refractivity contribution is 0.471. The lowest BCUT2D eigenvalue weighted by Gasteiger charge is -2.34. The molecule has 0 radical (unpaired) electrons. The van der Waals surface area contributed by atoms with Crippen molar-refractivity contribution in [2.75, 3.05) is 6.16 Å². The first-order valence-electron chi connectivity index (χ1n) is 13.1. The molecule has 0 fully saturated rings. The Kier molecular flexibility index (Phi) is 7.98. The minimum absolute atomic E-state index is 0.0130. The van der Waals surface area contributed by atoms with E-state index in [0.717, 1.165) is 33.3 Å². The normalized spacial score (nSPS) is 15.2. The van der Waals surface area contributed by atoms with E-state index in [1.165, 1.54) is 11.1 Å². The first-order valence-corrected chi connectivity index (χ1v) is 14.9. The Hall–Kier alpha value is -1.53. The minimum atomic E-state index is -3.20. The molecule has 0 aromatic heterocycles. The van der Waals surface area contributed by atoms with Crippen LogP contribution in [0, 0.1) is 13.8 Å². The van der Waals surface area contributed by atoms with Gasteiger partial charge in [-0.25, -0.2) is 0 Å². The summed E-state index contributed by atoms with van der Waals surface area (Å²) in [7, 11) is -3.20. The van der Waals surface area contributed by atoms with Gasteiger partial charge in [0.25, 0.3) is 7.37 Å². The highest BCUT2D eigenvalue weighted by Crippen LogP contribution is 2.52. The zero-order valence-corrected chi connectivity index (χ0v) is 26.2. The van der Waals surface area contributed by atoms with Crippen LogP contribution >= 0.6 is 7.37 Å². The van der Waals surface area contributed by atoms with Crippen LogP contribution < -0.4 is 9.83 Å². The summed E-state index contributed by atoms with van der Waals surface area (Å²) >= 11 is 0. The predicted octanol–water partition coefficient (Wildman–Crippen LogP) is 9.50. The van der Waals surface area contributed by atoms with Crippen molar-refractivity contribution in [3.05, 3.63) is 57.6 Å². The molecule has 2 aromatic rings. The fourth-order valence-electron chi connectivity index (χ4n) is 4.54. The standard InChI is InChI=1S/C32H51O2P/c1-16-35(33,28-22(3)18-24(30(7,8)9)20-26(28)32(13,14)15)34-27-21(2)17-23(29(4,5)6)19-25(27)31(10,11)12/h17-20H,16H2,1-15H3. The molecule has 0 saturated carbocycles. The molecule has 0 aliphatic heterocycles. The van der Waals surface area contributed by atoms with Crippen molar-refractivity contribution in [2.24, 2.45) is 0 Å². The first kappa shape index (κ1) is 29.7. The van der Waals surface area contributed by atoms with Crippen LogP contribution in [0.3, 0.4) is 0 Å². The number of benzene rings is 2. The number of aryl methyl sites for hydroxylation is 2. The van der Waals surface area contributed by atoms with E-state index in [0.29, 0.717) is 6.16 Å². The van der Waals surface area contributed by atoms with Crippen LogP contribution in [-0.4, -0.2) is 6.16 Å². The van der Waals surface area contributed by atoms with Gasteiger partial charge in [-0.2, -0.15) is 0 Å². The van der Waals surface area contributed by atoms with Crippen LogP contribution in [0.4, 0.5) is 0 Å². The van der Waals surface area contributed by atoms with Crippen molar-refractivity contribution in [3.8, 4) is 5.75 Å². The number of hydrogen-bond donors (Lipinski definition) is 0. The zero-order valence-electron chi connectivity index (χ0n) is 25.3. The van der Waals surface area contributed by atoms with Gasteiger partial charge in [-0.05, 0) is 63.3 Å². The monoisotopic (exact) mass is 498 g/mol. The summed E-state index contributed by atoms with van der Waals surface area (Å²) in [5.74, 6) is 0.787. The maximum atomic E-state index is 14.9. The Morgan fingerprint density at radius 1 is 0.629 bits per heavy atom. The van der Waals surface area contributed by atoms with E-state index in [-0.39, 0.29) is 21.7 Å². The average Bonchev–Trinajstić information content (AvgIpc) is 2.65. The number of hydrogen-bond acceptors (Lipinski definition) is 2. The fourth-order valence-corrected chi connectivity index (χ4v) is 6.98. The van der Waals surface area contributed by atoms with E-state index >= 15 is 0 Å². The van der Waals surface area contributed by atoms with Crippen LogP contribution in [0.2, 0.25) is 0 Å². The Bertz CT molecular complexity index is 1130. The number of rotatable bonds is 4. The summed E-state index contributed by atoms with van der Waals surface area (Å²) in [5.41, 5.74) is 6.66. The summed E-state index contributed by atoms with van der Waals surface area (Å²) < 4.78 is 21.7. The SMILES string of the molecule is CCP(=O)(Oc1c(C)cc(C(C)(C)C)cc1C(C)(C)C)c1c(C)cc(C(C)(C)C)cc1C(C)(C)C. The van der Waals surface area contributed by atoms with E-state index in [4.69, 9.17) is 4.52 Å². The maximum Gasteiger partial charge on any atom is 0.277 e. The summed E-state index contributed by atoms with van der Waals surface area (Å²) in [4.78, 5) is 0. The Morgan fingerprint density at radius 2 is 1.03 bits per heavy atom. The second kappa shape index (κ2) is 9.41. The molecular formula is C32H51O2P. The molecule has 1 atom stereocenters. The molecule has 196 valence electrons. The van der Waals surface area contributed by atoms with Crippen LogP contribution in [0.15, 0.2) is 24.3 Å². The molecule has 0 bridgehead atoms. The van der Waals surface area contributed by atoms with Gasteiger partial charge in [-0.15, -0.1) is 0 Å². The first-order chi connectivity index (χ1) is 15.5. The third kappa shape index (κ3) is 6.43. The average molecular weight is 499 g/mol. The van der Waals surface area contributed by atoms with E-state index in [1.807, 2.05) is 6.92 Å². The van der Waals surface area contributed by atoms with Gasteiger partial charge in [0.1, 0.15) is 5.75 Å². The molecule has 0 spiro atoms. The molecule has 35 heavy (non-hydrogen) atoms. The van der Waals surface area contributed by atoms with Crippen molar-refractivity contribution in [1.29, 1.82) is 0 Å². The third-order valence-electron chi connectivity index (χ3n) is 6.92. The minimum Gasteiger partial charge on any atom is -0.439 e. The predicted molar refractivity (Wildman–Crippen MR) is 156 cm³/mol. The Labute approximate surface area is 216 Å². The van der Waals surface area contributed by atoms with Gasteiger partial charge >= 0.3 is 0 Å². The van der Waals surface area contributed by atoms with E-state index < -0.39 is 7.37 Å². The second-order valence-corrected chi connectivity index (χ2v) is 17.0. The molecule has 0 aliphatic rings. The van der Waals surface area contributed by atoms with E-state index in [1.54, 1.807) is 0 Å². The fraction of sp³-hybridized carbons (Fsp3) is 0.625. The van der Waals surface area contributed by atoms with Gasteiger partial charge in [0.15, 0.2) is 0 Å². The van der Waals surface area contributed by atoms with Crippen molar-refractivity contribution in [2.45, 2.75) is 126 Å². The molecule has 2 nitrogen and oxygen atoms in total. The van der Waals surface area contributed by atoms with Gasteiger partial charge < -0.3 is 4.52 Å². The topological polar surface area (TPSA) is 26.3 Å². The summed E-state index contributed by atoms with van der Waals surface area (Å²) in [6, 6.07) is 8.97. The van der Waals surface area contributed by atoms with Crippen LogP contribution in [-0.2, 0) is 26.2 Å². The molecule has 1 unspecified atom stereocenters. The summed E-state index contributed by atoms with van der Waals surface area (Å²) in [6.07, 6.45) is 0.454. The molecule has 2 rings (SSSR count). The molecular weight excluding hydrogens is 447 g/mol. The van der Waals surface area contributed by atoms with Gasteiger partial charge in [0.2, 0.25) is 0 Å². The highest BCUT2D eigenvalue weighted by molar-refractivity contribution is 7.67. The maximum absolute atomic E-state index is 14.9. The highest BCUT2D eigenvalue weighted by Gasteiger charge is 2.37. The van der Waals surface area contributed by atoms with Crippen molar-refractivity contribution in [1.82, 2.24) is 0 Å². The largest absolute Gasteiger partial charge is 0.439 e. The molecule has 3 heteroatoms. The molecule has 0 amide bonds. The second-order valence-electron chi connectivity index (χ2n) is 14.4. The quantitative estimate of drug-likeness (QED) is 0.392. The summed E-state index contributed by atoms with van der Waals surface area (Å²) in [5, 5.41) is 0.902. The Balaban J connectivity index is 2.87. The van der Waals surface area contributed by atoms with Gasteiger partial charge in [0, 0.05) is 11.7 Å². The zero-order chi connectivity index (χ0) is 27.4. The molecule has 0 saturated heterocycles. The molecule has 0 N–H and O–H groups in total. The summed E-state index contributed by atoms with van der Waals surface area (Å²) in [6.45, 7) is 32.9. The van der Waals surface area contributed by atoms with Crippen molar-refractivity contribution < 1.29 is 9.09 Å². The van der Waals surface area contributed by atoms with E-state index in [2.05, 4.69) is 121 Å². The smallest absolute Gasteiger partial charge is 0.277 e. The highest BCUT2D eigenvalue weighted by atomic mass is 31.2. The van der Waals surface area contributed by atoms with Crippen molar-refractivity contribution in [3.63, 3.8) is 0 Å². The van der Waals surface area contributed by atoms with E-state index in [9.17, 15) is 4.57 Å². The van der Waals surface area contributed by atoms with Crippen LogP contribution in [0.25, 0.3) is 0 Å². The van der Waals surface area contributed by atoms with Gasteiger partial charge in [-0.3, -0.25) is 4.57 Å². The lowest BCUT2D eigenvalue weighted by atomic mass is 9.79. The molecule has 0 aliphatic carbocycles. The molecule has 2 aromatic carbocycles. The van der Waals surface area contributed by atoms with Crippen molar-refractivity contribution >= 4 is 12.7 Å². The van der Waals surface area contributed by atoms with Gasteiger partial charge in [-0.1, -0.05) is 114 Å².